The normalized spacial score (nSPS) is 16.3. The molecule has 1 aromatic heterocycles. The van der Waals surface area contributed by atoms with E-state index < -0.39 is 16.9 Å². The van der Waals surface area contributed by atoms with Gasteiger partial charge < -0.3 is 14.5 Å². The maximum absolute atomic E-state index is 12.5. The number of furan rings is 1. The van der Waals surface area contributed by atoms with Crippen LogP contribution in [0.3, 0.4) is 0 Å². The number of allylic oxidation sites excluding steroid dienone is 1. The highest BCUT2D eigenvalue weighted by molar-refractivity contribution is 8.13. The molecule has 152 valence electrons. The average Bonchev–Trinajstić information content (AvgIpc) is 3.17. The van der Waals surface area contributed by atoms with Crippen molar-refractivity contribution >= 4 is 40.2 Å². The third kappa shape index (κ3) is 4.30. The molecule has 1 aliphatic heterocycles. The van der Waals surface area contributed by atoms with Crippen LogP contribution in [0.15, 0.2) is 51.0 Å². The molecule has 0 bridgehead atoms. The summed E-state index contributed by atoms with van der Waals surface area (Å²) in [7, 11) is 0. The number of nitrogens with one attached hydrogen (secondary N) is 1. The highest BCUT2D eigenvalue weighted by Gasteiger charge is 2.32. The van der Waals surface area contributed by atoms with Crippen molar-refractivity contribution in [3.63, 3.8) is 0 Å². The molecule has 2 aromatic rings. The third-order valence-electron chi connectivity index (χ3n) is 4.23. The molecule has 3 rings (SSSR count). The van der Waals surface area contributed by atoms with Gasteiger partial charge in [-0.2, -0.15) is 0 Å². The van der Waals surface area contributed by atoms with Crippen LogP contribution in [0.5, 0.6) is 0 Å². The number of nitro groups is 1. The van der Waals surface area contributed by atoms with E-state index in [0.717, 1.165) is 0 Å². The molecule has 0 saturated carbocycles. The number of carbonyl (C=O) groups excluding carboxylic acids is 1. The van der Waals surface area contributed by atoms with Gasteiger partial charge in [-0.05, 0) is 38.3 Å². The maximum atomic E-state index is 12.5. The Balaban J connectivity index is 2.04. The lowest BCUT2D eigenvalue weighted by Crippen LogP contribution is -2.30. The molecule has 0 amide bonds. The van der Waals surface area contributed by atoms with Crippen molar-refractivity contribution in [1.29, 1.82) is 0 Å². The fourth-order valence-electron chi connectivity index (χ4n) is 2.89. The van der Waals surface area contributed by atoms with Crippen LogP contribution in [0.1, 0.15) is 25.6 Å². The van der Waals surface area contributed by atoms with E-state index in [0.29, 0.717) is 38.5 Å². The van der Waals surface area contributed by atoms with Gasteiger partial charge >= 0.3 is 5.97 Å². The van der Waals surface area contributed by atoms with Gasteiger partial charge in [0.15, 0.2) is 5.17 Å². The molecule has 1 N–H and O–H groups in total. The lowest BCUT2D eigenvalue weighted by Gasteiger charge is -2.23. The predicted molar refractivity (Wildman–Crippen MR) is 112 cm³/mol. The Morgan fingerprint density at radius 2 is 2.17 bits per heavy atom. The second-order valence-electron chi connectivity index (χ2n) is 6.05. The minimum atomic E-state index is -0.705. The van der Waals surface area contributed by atoms with E-state index in [1.807, 2.05) is 6.26 Å². The number of nitrogens with zero attached hydrogens (tertiary/aromatic N) is 2. The van der Waals surface area contributed by atoms with Crippen molar-refractivity contribution in [2.24, 2.45) is 4.99 Å². The predicted octanol–water partition coefficient (Wildman–Crippen LogP) is 4.71. The number of non-ortho nitro benzene ring substituents is 1. The highest BCUT2D eigenvalue weighted by Crippen LogP contribution is 2.38. The summed E-state index contributed by atoms with van der Waals surface area (Å²) in [6.45, 7) is 3.73. The molecular weight excluding hydrogens is 418 g/mol. The average molecular weight is 436 g/mol. The van der Waals surface area contributed by atoms with Gasteiger partial charge in [0.05, 0.1) is 22.1 Å². The number of benzene rings is 1. The van der Waals surface area contributed by atoms with Crippen LogP contribution in [0.2, 0.25) is 5.02 Å². The topological polar surface area (TPSA) is 107 Å². The van der Waals surface area contributed by atoms with E-state index in [1.165, 1.54) is 30.0 Å². The van der Waals surface area contributed by atoms with Crippen molar-refractivity contribution in [3.05, 3.63) is 62.5 Å². The number of thioether (sulfide) groups is 1. The number of nitro benzene ring substituents is 1. The second-order valence-corrected chi connectivity index (χ2v) is 7.25. The quantitative estimate of drug-likeness (QED) is 0.411. The van der Waals surface area contributed by atoms with E-state index in [4.69, 9.17) is 20.8 Å². The van der Waals surface area contributed by atoms with Gasteiger partial charge in [0.2, 0.25) is 0 Å². The summed E-state index contributed by atoms with van der Waals surface area (Å²) in [5.74, 6) is 0.254. The van der Waals surface area contributed by atoms with Gasteiger partial charge in [0.1, 0.15) is 17.6 Å². The van der Waals surface area contributed by atoms with Crippen LogP contribution in [0, 0.1) is 10.1 Å². The van der Waals surface area contributed by atoms with Gasteiger partial charge in [-0.15, -0.1) is 0 Å². The van der Waals surface area contributed by atoms with Gasteiger partial charge in [-0.3, -0.25) is 10.1 Å². The fourth-order valence-corrected chi connectivity index (χ4v) is 3.57. The van der Waals surface area contributed by atoms with Gasteiger partial charge in [-0.25, -0.2) is 9.79 Å². The molecule has 0 fully saturated rings. The lowest BCUT2D eigenvalue weighted by molar-refractivity contribution is -0.384. The third-order valence-corrected chi connectivity index (χ3v) is 5.15. The van der Waals surface area contributed by atoms with Gasteiger partial charge in [0.25, 0.3) is 5.69 Å². The molecule has 1 aromatic carbocycles. The van der Waals surface area contributed by atoms with E-state index in [9.17, 15) is 14.9 Å². The van der Waals surface area contributed by atoms with Crippen LogP contribution in [-0.4, -0.2) is 28.9 Å². The highest BCUT2D eigenvalue weighted by atomic mass is 35.5. The molecule has 0 saturated heterocycles. The molecule has 1 atom stereocenters. The first-order chi connectivity index (χ1) is 13.8. The summed E-state index contributed by atoms with van der Waals surface area (Å²) in [6, 6.07) is 6.73. The number of halogens is 1. The van der Waals surface area contributed by atoms with E-state index in [-0.39, 0.29) is 12.3 Å². The monoisotopic (exact) mass is 435 g/mol. The minimum absolute atomic E-state index is 0.102. The van der Waals surface area contributed by atoms with Crippen LogP contribution in [0.4, 0.5) is 5.69 Å². The first kappa shape index (κ1) is 20.9. The summed E-state index contributed by atoms with van der Waals surface area (Å²) in [6.07, 6.45) is 1.86. The number of aliphatic imine (C=N–C) groups is 1. The van der Waals surface area contributed by atoms with Gasteiger partial charge in [-0.1, -0.05) is 23.4 Å². The van der Waals surface area contributed by atoms with Crippen molar-refractivity contribution in [3.8, 4) is 11.3 Å². The number of hydrogen-bond donors (Lipinski definition) is 1. The number of carbonyl (C=O) groups is 1. The molecule has 0 radical (unpaired) electrons. The molecule has 0 aliphatic carbocycles. The number of amidine groups is 1. The van der Waals surface area contributed by atoms with E-state index in [1.54, 1.807) is 26.0 Å². The SMILES string of the molecule is CCOC(=O)C1=C(C)NC(SC)=N[C@H]1c1ccc(-c2cc([N+](=O)[O-])ccc2Cl)o1. The molecular formula is C19H18ClN3O5S. The molecule has 0 spiro atoms. The lowest BCUT2D eigenvalue weighted by atomic mass is 10.0. The number of hydrogen-bond acceptors (Lipinski definition) is 8. The summed E-state index contributed by atoms with van der Waals surface area (Å²) < 4.78 is 11.1. The zero-order valence-corrected chi connectivity index (χ0v) is 17.5. The largest absolute Gasteiger partial charge is 0.463 e. The van der Waals surface area contributed by atoms with Crippen molar-refractivity contribution in [1.82, 2.24) is 5.32 Å². The summed E-state index contributed by atoms with van der Waals surface area (Å²) in [4.78, 5) is 27.6. The molecule has 1 aliphatic rings. The number of rotatable bonds is 5. The smallest absolute Gasteiger partial charge is 0.338 e. The Morgan fingerprint density at radius 1 is 1.41 bits per heavy atom. The Bertz CT molecular complexity index is 1030. The Hall–Kier alpha value is -2.78. The maximum Gasteiger partial charge on any atom is 0.338 e. The number of ether oxygens (including phenoxy) is 1. The molecule has 8 nitrogen and oxygen atoms in total. The van der Waals surface area contributed by atoms with E-state index in [2.05, 4.69) is 10.3 Å². The van der Waals surface area contributed by atoms with Gasteiger partial charge in [0, 0.05) is 23.4 Å². The van der Waals surface area contributed by atoms with Crippen LogP contribution in [0.25, 0.3) is 11.3 Å². The second kappa shape index (κ2) is 8.71. The zero-order chi connectivity index (χ0) is 21.1. The molecule has 2 heterocycles. The molecule has 29 heavy (non-hydrogen) atoms. The molecule has 10 heteroatoms. The van der Waals surface area contributed by atoms with E-state index >= 15 is 0 Å². The standard InChI is InChI=1S/C19H18ClN3O5S/c1-4-27-18(24)16-10(2)21-19(29-3)22-17(16)15-8-7-14(28-15)12-9-11(23(25)26)5-6-13(12)20/h5-9,17H,4H2,1-3H3,(H,21,22)/t17-/m0/s1. The summed E-state index contributed by atoms with van der Waals surface area (Å²) in [5.41, 5.74) is 1.25. The minimum Gasteiger partial charge on any atom is -0.463 e. The van der Waals surface area contributed by atoms with Crippen molar-refractivity contribution in [2.75, 3.05) is 12.9 Å². The van der Waals surface area contributed by atoms with Crippen LogP contribution < -0.4 is 5.32 Å². The molecule has 0 unspecified atom stereocenters. The van der Waals surface area contributed by atoms with Crippen molar-refractivity contribution < 1.29 is 18.9 Å². The Kier molecular flexibility index (Phi) is 6.29. The Morgan fingerprint density at radius 3 is 2.83 bits per heavy atom. The zero-order valence-electron chi connectivity index (χ0n) is 15.9. The first-order valence-electron chi connectivity index (χ1n) is 8.66. The first-order valence-corrected chi connectivity index (χ1v) is 10.3. The summed E-state index contributed by atoms with van der Waals surface area (Å²) in [5, 5.41) is 15.1. The Labute approximate surface area is 176 Å². The van der Waals surface area contributed by atoms with Crippen LogP contribution in [-0.2, 0) is 9.53 Å². The summed E-state index contributed by atoms with van der Waals surface area (Å²) >= 11 is 7.61. The number of esters is 1. The van der Waals surface area contributed by atoms with Crippen LogP contribution >= 0.6 is 23.4 Å². The van der Waals surface area contributed by atoms with Crippen molar-refractivity contribution in [2.45, 2.75) is 19.9 Å². The fraction of sp³-hybridized carbons (Fsp3) is 0.263.